The number of aliphatic hydroxyl groups is 1. The molecule has 0 aliphatic heterocycles. The molecule has 1 aromatic carbocycles. The van der Waals surface area contributed by atoms with Crippen LogP contribution in [0.5, 0.6) is 5.75 Å². The topological polar surface area (TPSA) is 44.7 Å². The van der Waals surface area contributed by atoms with Crippen LogP contribution in [0, 0.1) is 5.92 Å². The number of hydrogen-bond donors (Lipinski definition) is 2. The molecular weight excluding hydrogens is 264 g/mol. The van der Waals surface area contributed by atoms with Gasteiger partial charge in [0.2, 0.25) is 0 Å². The van der Waals surface area contributed by atoms with Gasteiger partial charge in [0.15, 0.2) is 0 Å². The fraction of sp³-hybridized carbons (Fsp3) is 0.647. The molecule has 4 nitrogen and oxygen atoms in total. The van der Waals surface area contributed by atoms with Gasteiger partial charge >= 0.3 is 0 Å². The number of ether oxygens (including phenoxy) is 1. The summed E-state index contributed by atoms with van der Waals surface area (Å²) in [4.78, 5) is 2.12. The highest BCUT2D eigenvalue weighted by molar-refractivity contribution is 5.29. The Hall–Kier alpha value is -1.10. The molecule has 0 fully saturated rings. The monoisotopic (exact) mass is 294 g/mol. The Kier molecular flexibility index (Phi) is 7.72. The zero-order valence-corrected chi connectivity index (χ0v) is 14.0. The first-order valence-corrected chi connectivity index (χ1v) is 7.71. The third-order valence-corrected chi connectivity index (χ3v) is 3.78. The minimum Gasteiger partial charge on any atom is -0.497 e. The molecule has 1 rings (SSSR count). The first-order valence-electron chi connectivity index (χ1n) is 7.71. The van der Waals surface area contributed by atoms with Crippen LogP contribution in [0.2, 0.25) is 0 Å². The highest BCUT2D eigenvalue weighted by Gasteiger charge is 2.17. The second-order valence-electron chi connectivity index (χ2n) is 5.91. The molecule has 0 spiro atoms. The predicted octanol–water partition coefficient (Wildman–Crippen LogP) is 2.29. The van der Waals surface area contributed by atoms with E-state index in [4.69, 9.17) is 4.74 Å². The van der Waals surface area contributed by atoms with Gasteiger partial charge in [-0.15, -0.1) is 0 Å². The summed E-state index contributed by atoms with van der Waals surface area (Å²) in [5, 5.41) is 13.6. The molecule has 21 heavy (non-hydrogen) atoms. The molecule has 1 aromatic rings. The summed E-state index contributed by atoms with van der Waals surface area (Å²) in [6.07, 6.45) is -0.352. The standard InChI is InChI=1S/C17H30N2O2/c1-6-19(4)12-15(20)11-18-17(13(2)3)14-7-9-16(21-5)10-8-14/h7-10,13,15,17-18,20H,6,11-12H2,1-5H3/t15-,17+/m0/s1. The van der Waals surface area contributed by atoms with Crippen molar-refractivity contribution >= 4 is 0 Å². The molecule has 0 unspecified atom stereocenters. The molecule has 0 aromatic heterocycles. The molecule has 0 amide bonds. The Labute approximate surface area is 129 Å². The Morgan fingerprint density at radius 2 is 1.86 bits per heavy atom. The summed E-state index contributed by atoms with van der Waals surface area (Å²) in [5.74, 6) is 1.32. The average molecular weight is 294 g/mol. The Balaban J connectivity index is 2.61. The molecule has 0 saturated carbocycles. The van der Waals surface area contributed by atoms with Crippen LogP contribution in [0.15, 0.2) is 24.3 Å². The maximum Gasteiger partial charge on any atom is 0.118 e. The van der Waals surface area contributed by atoms with Crippen molar-refractivity contribution in [1.29, 1.82) is 0 Å². The lowest BCUT2D eigenvalue weighted by molar-refractivity contribution is 0.121. The number of hydrogen-bond acceptors (Lipinski definition) is 4. The summed E-state index contributed by atoms with van der Waals surface area (Å²) in [5.41, 5.74) is 1.22. The summed E-state index contributed by atoms with van der Waals surface area (Å²) in [7, 11) is 3.69. The maximum absolute atomic E-state index is 10.1. The van der Waals surface area contributed by atoms with E-state index in [-0.39, 0.29) is 12.1 Å². The number of nitrogens with zero attached hydrogens (tertiary/aromatic N) is 1. The lowest BCUT2D eigenvalue weighted by Crippen LogP contribution is -2.39. The van der Waals surface area contributed by atoms with Gasteiger partial charge in [-0.3, -0.25) is 0 Å². The van der Waals surface area contributed by atoms with Crippen molar-refractivity contribution in [1.82, 2.24) is 10.2 Å². The lowest BCUT2D eigenvalue weighted by Gasteiger charge is -2.26. The molecule has 0 aliphatic rings. The van der Waals surface area contributed by atoms with Crippen LogP contribution in [0.4, 0.5) is 0 Å². The number of benzene rings is 1. The maximum atomic E-state index is 10.1. The number of methoxy groups -OCH3 is 1. The number of likely N-dealkylation sites (N-methyl/N-ethyl adjacent to an activating group) is 1. The predicted molar refractivity (Wildman–Crippen MR) is 87.8 cm³/mol. The average Bonchev–Trinajstić information content (AvgIpc) is 2.47. The van der Waals surface area contributed by atoms with Crippen molar-refractivity contribution in [2.75, 3.05) is 33.8 Å². The highest BCUT2D eigenvalue weighted by Crippen LogP contribution is 2.23. The van der Waals surface area contributed by atoms with Crippen molar-refractivity contribution in [2.45, 2.75) is 32.9 Å². The van der Waals surface area contributed by atoms with Crippen LogP contribution in [0.1, 0.15) is 32.4 Å². The van der Waals surface area contributed by atoms with Gasteiger partial charge in [0.1, 0.15) is 5.75 Å². The molecule has 2 N–H and O–H groups in total. The van der Waals surface area contributed by atoms with Gasteiger partial charge in [-0.2, -0.15) is 0 Å². The fourth-order valence-electron chi connectivity index (χ4n) is 2.37. The van der Waals surface area contributed by atoms with Gasteiger partial charge < -0.3 is 20.1 Å². The van der Waals surface area contributed by atoms with Crippen molar-refractivity contribution in [3.05, 3.63) is 29.8 Å². The van der Waals surface area contributed by atoms with Gasteiger partial charge in [0.05, 0.1) is 13.2 Å². The van der Waals surface area contributed by atoms with E-state index < -0.39 is 0 Å². The van der Waals surface area contributed by atoms with Gasteiger partial charge in [0.25, 0.3) is 0 Å². The number of rotatable bonds is 9. The van der Waals surface area contributed by atoms with Crippen molar-refractivity contribution < 1.29 is 9.84 Å². The van der Waals surface area contributed by atoms with E-state index in [1.54, 1.807) is 7.11 Å². The van der Waals surface area contributed by atoms with Crippen LogP contribution in [0.3, 0.4) is 0 Å². The third kappa shape index (κ3) is 6.04. The summed E-state index contributed by atoms with van der Waals surface area (Å²) in [6, 6.07) is 8.36. The zero-order valence-electron chi connectivity index (χ0n) is 14.0. The Morgan fingerprint density at radius 3 is 2.33 bits per heavy atom. The van der Waals surface area contributed by atoms with Crippen LogP contribution < -0.4 is 10.1 Å². The molecule has 120 valence electrons. The van der Waals surface area contributed by atoms with E-state index in [9.17, 15) is 5.11 Å². The quantitative estimate of drug-likeness (QED) is 0.733. The van der Waals surface area contributed by atoms with Crippen molar-refractivity contribution in [3.63, 3.8) is 0 Å². The van der Waals surface area contributed by atoms with Gasteiger partial charge in [-0.05, 0) is 37.2 Å². The molecule has 0 heterocycles. The van der Waals surface area contributed by atoms with Gasteiger partial charge in [-0.1, -0.05) is 32.9 Å². The molecular formula is C17H30N2O2. The fourth-order valence-corrected chi connectivity index (χ4v) is 2.37. The van der Waals surface area contributed by atoms with E-state index >= 15 is 0 Å². The molecule has 0 bridgehead atoms. The van der Waals surface area contributed by atoms with E-state index in [0.717, 1.165) is 12.3 Å². The first kappa shape index (κ1) is 18.0. The zero-order chi connectivity index (χ0) is 15.8. The normalized spacial score (nSPS) is 14.5. The van der Waals surface area contributed by atoms with E-state index in [1.807, 2.05) is 19.2 Å². The van der Waals surface area contributed by atoms with Gasteiger partial charge in [-0.25, -0.2) is 0 Å². The summed E-state index contributed by atoms with van der Waals surface area (Å²) in [6.45, 7) is 8.70. The molecule has 4 heteroatoms. The molecule has 0 aliphatic carbocycles. The first-order chi connectivity index (χ1) is 9.97. The van der Waals surface area contributed by atoms with Crippen LogP contribution in [-0.2, 0) is 0 Å². The molecule has 2 atom stereocenters. The molecule has 0 radical (unpaired) electrons. The number of nitrogens with one attached hydrogen (secondary N) is 1. The van der Waals surface area contributed by atoms with Crippen LogP contribution in [0.25, 0.3) is 0 Å². The molecule has 0 saturated heterocycles. The minimum atomic E-state index is -0.352. The van der Waals surface area contributed by atoms with Gasteiger partial charge in [0, 0.05) is 19.1 Å². The summed E-state index contributed by atoms with van der Waals surface area (Å²) >= 11 is 0. The largest absolute Gasteiger partial charge is 0.497 e. The Morgan fingerprint density at radius 1 is 1.24 bits per heavy atom. The van der Waals surface area contributed by atoms with E-state index in [0.29, 0.717) is 19.0 Å². The Bertz CT molecular complexity index is 392. The summed E-state index contributed by atoms with van der Waals surface area (Å²) < 4.78 is 5.20. The lowest BCUT2D eigenvalue weighted by atomic mass is 9.96. The SMILES string of the molecule is CCN(C)C[C@@H](O)CN[C@@H](c1ccc(OC)cc1)C(C)C. The highest BCUT2D eigenvalue weighted by atomic mass is 16.5. The number of aliphatic hydroxyl groups excluding tert-OH is 1. The third-order valence-electron chi connectivity index (χ3n) is 3.78. The van der Waals surface area contributed by atoms with Crippen molar-refractivity contribution in [3.8, 4) is 5.75 Å². The van der Waals surface area contributed by atoms with E-state index in [1.165, 1.54) is 5.56 Å². The minimum absolute atomic E-state index is 0.234. The van der Waals surface area contributed by atoms with E-state index in [2.05, 4.69) is 43.1 Å². The van der Waals surface area contributed by atoms with Crippen molar-refractivity contribution in [2.24, 2.45) is 5.92 Å². The second-order valence-corrected chi connectivity index (χ2v) is 5.91. The second kappa shape index (κ2) is 9.03. The van der Waals surface area contributed by atoms with Crippen LogP contribution in [-0.4, -0.2) is 49.9 Å². The smallest absolute Gasteiger partial charge is 0.118 e. The van der Waals surface area contributed by atoms with Crippen LogP contribution >= 0.6 is 0 Å².